The number of aliphatic hydroxyl groups excluding tert-OH is 1. The van der Waals surface area contributed by atoms with Gasteiger partial charge >= 0.3 is 0 Å². The van der Waals surface area contributed by atoms with Gasteiger partial charge in [-0.25, -0.2) is 0 Å². The van der Waals surface area contributed by atoms with Crippen molar-refractivity contribution in [2.24, 2.45) is 11.7 Å². The summed E-state index contributed by atoms with van der Waals surface area (Å²) in [4.78, 5) is 0. The third kappa shape index (κ3) is 2.13. The highest BCUT2D eigenvalue weighted by Crippen LogP contribution is 2.31. The van der Waals surface area contributed by atoms with Crippen molar-refractivity contribution in [2.45, 2.75) is 38.6 Å². The first kappa shape index (κ1) is 11.6. The molecule has 0 heterocycles. The van der Waals surface area contributed by atoms with Crippen LogP contribution < -0.4 is 5.73 Å². The average molecular weight is 219 g/mol. The van der Waals surface area contributed by atoms with Gasteiger partial charge in [-0.1, -0.05) is 23.8 Å². The van der Waals surface area contributed by atoms with E-state index >= 15 is 0 Å². The monoisotopic (exact) mass is 219 g/mol. The van der Waals surface area contributed by atoms with E-state index in [4.69, 9.17) is 5.73 Å². The molecule has 0 fully saturated rings. The van der Waals surface area contributed by atoms with Gasteiger partial charge in [0, 0.05) is 5.54 Å². The van der Waals surface area contributed by atoms with Gasteiger partial charge in [0.1, 0.15) is 0 Å². The number of hydrogen-bond acceptors (Lipinski definition) is 2. The lowest BCUT2D eigenvalue weighted by Gasteiger charge is -2.36. The van der Waals surface area contributed by atoms with Gasteiger partial charge in [0.15, 0.2) is 0 Å². The van der Waals surface area contributed by atoms with E-state index in [2.05, 4.69) is 25.1 Å². The molecule has 16 heavy (non-hydrogen) atoms. The number of hydrogen-bond donors (Lipinski definition) is 2. The predicted octanol–water partition coefficient (Wildman–Crippen LogP) is 1.81. The van der Waals surface area contributed by atoms with Crippen LogP contribution in [-0.4, -0.2) is 17.3 Å². The molecule has 0 aromatic heterocycles. The normalized spacial score (nSPS) is 23.6. The number of fused-ring (bicyclic) bond motifs is 1. The van der Waals surface area contributed by atoms with Crippen LogP contribution in [0.2, 0.25) is 0 Å². The van der Waals surface area contributed by atoms with Crippen LogP contribution in [0.5, 0.6) is 0 Å². The molecule has 1 aliphatic rings. The largest absolute Gasteiger partial charge is 0.394 e. The van der Waals surface area contributed by atoms with Gasteiger partial charge in [-0.2, -0.15) is 0 Å². The Morgan fingerprint density at radius 1 is 1.44 bits per heavy atom. The summed E-state index contributed by atoms with van der Waals surface area (Å²) < 4.78 is 0. The standard InChI is InChI=1S/C14H21NO/c1-10-3-4-12-8-13(14(2,15)9-16)6-5-11(12)7-10/h3-4,7,13,16H,5-6,8-9,15H2,1-2H3. The average Bonchev–Trinajstić information content (AvgIpc) is 2.28. The second kappa shape index (κ2) is 4.19. The fourth-order valence-electron chi connectivity index (χ4n) is 2.58. The first-order chi connectivity index (χ1) is 7.53. The number of aliphatic hydroxyl groups is 1. The van der Waals surface area contributed by atoms with Crippen LogP contribution in [0.1, 0.15) is 30.0 Å². The fourth-order valence-corrected chi connectivity index (χ4v) is 2.58. The van der Waals surface area contributed by atoms with Crippen molar-refractivity contribution in [2.75, 3.05) is 6.61 Å². The molecular weight excluding hydrogens is 198 g/mol. The molecule has 1 aromatic rings. The topological polar surface area (TPSA) is 46.2 Å². The molecule has 0 saturated heterocycles. The van der Waals surface area contributed by atoms with E-state index in [0.717, 1.165) is 19.3 Å². The molecule has 0 saturated carbocycles. The second-order valence-electron chi connectivity index (χ2n) is 5.38. The zero-order valence-electron chi connectivity index (χ0n) is 10.2. The second-order valence-corrected chi connectivity index (χ2v) is 5.38. The first-order valence-electron chi connectivity index (χ1n) is 6.01. The molecule has 2 heteroatoms. The molecule has 1 aliphatic carbocycles. The van der Waals surface area contributed by atoms with Crippen LogP contribution in [0.15, 0.2) is 18.2 Å². The van der Waals surface area contributed by atoms with Crippen LogP contribution in [0.3, 0.4) is 0 Å². The third-order valence-electron chi connectivity index (χ3n) is 3.86. The highest BCUT2D eigenvalue weighted by atomic mass is 16.3. The van der Waals surface area contributed by atoms with Crippen molar-refractivity contribution in [3.63, 3.8) is 0 Å². The summed E-state index contributed by atoms with van der Waals surface area (Å²) in [6, 6.07) is 6.65. The molecule has 0 amide bonds. The number of nitrogens with two attached hydrogens (primary N) is 1. The lowest BCUT2D eigenvalue weighted by Crippen LogP contribution is -2.49. The fraction of sp³-hybridized carbons (Fsp3) is 0.571. The smallest absolute Gasteiger partial charge is 0.0611 e. The Balaban J connectivity index is 2.21. The summed E-state index contributed by atoms with van der Waals surface area (Å²) in [6.45, 7) is 4.16. The Bertz CT molecular complexity index is 384. The number of aryl methyl sites for hydroxylation is 2. The Morgan fingerprint density at radius 2 is 2.19 bits per heavy atom. The number of rotatable bonds is 2. The summed E-state index contributed by atoms with van der Waals surface area (Å²) >= 11 is 0. The van der Waals surface area contributed by atoms with Gasteiger partial charge in [-0.3, -0.25) is 0 Å². The van der Waals surface area contributed by atoms with Crippen molar-refractivity contribution in [1.82, 2.24) is 0 Å². The van der Waals surface area contributed by atoms with Crippen molar-refractivity contribution in [3.05, 3.63) is 34.9 Å². The van der Waals surface area contributed by atoms with E-state index in [1.165, 1.54) is 16.7 Å². The van der Waals surface area contributed by atoms with Gasteiger partial charge in [-0.15, -0.1) is 0 Å². The first-order valence-corrected chi connectivity index (χ1v) is 6.01. The van der Waals surface area contributed by atoms with Crippen molar-refractivity contribution < 1.29 is 5.11 Å². The molecule has 0 spiro atoms. The molecule has 0 radical (unpaired) electrons. The van der Waals surface area contributed by atoms with Gasteiger partial charge in [0.25, 0.3) is 0 Å². The highest BCUT2D eigenvalue weighted by molar-refractivity contribution is 5.34. The molecule has 0 aliphatic heterocycles. The molecule has 2 nitrogen and oxygen atoms in total. The molecule has 2 rings (SSSR count). The lowest BCUT2D eigenvalue weighted by atomic mass is 9.74. The molecule has 2 unspecified atom stereocenters. The van der Waals surface area contributed by atoms with Gasteiger partial charge in [0.05, 0.1) is 6.61 Å². The molecular formula is C14H21NO. The van der Waals surface area contributed by atoms with Gasteiger partial charge < -0.3 is 10.8 Å². The molecule has 2 atom stereocenters. The molecule has 0 bridgehead atoms. The van der Waals surface area contributed by atoms with Crippen LogP contribution in [0.25, 0.3) is 0 Å². The summed E-state index contributed by atoms with van der Waals surface area (Å²) in [5.74, 6) is 0.396. The van der Waals surface area contributed by atoms with Crippen LogP contribution in [0.4, 0.5) is 0 Å². The lowest BCUT2D eigenvalue weighted by molar-refractivity contribution is 0.144. The van der Waals surface area contributed by atoms with E-state index in [-0.39, 0.29) is 6.61 Å². The van der Waals surface area contributed by atoms with Crippen molar-refractivity contribution in [1.29, 1.82) is 0 Å². The minimum atomic E-state index is -0.442. The minimum absolute atomic E-state index is 0.0683. The summed E-state index contributed by atoms with van der Waals surface area (Å²) in [5, 5.41) is 9.31. The van der Waals surface area contributed by atoms with E-state index in [9.17, 15) is 5.11 Å². The third-order valence-corrected chi connectivity index (χ3v) is 3.86. The van der Waals surface area contributed by atoms with Crippen molar-refractivity contribution in [3.8, 4) is 0 Å². The van der Waals surface area contributed by atoms with E-state index in [1.54, 1.807) is 0 Å². The Morgan fingerprint density at radius 3 is 2.88 bits per heavy atom. The summed E-state index contributed by atoms with van der Waals surface area (Å²) in [7, 11) is 0. The van der Waals surface area contributed by atoms with E-state index in [1.807, 2.05) is 6.92 Å². The maximum absolute atomic E-state index is 9.31. The Kier molecular flexibility index (Phi) is 3.04. The highest BCUT2D eigenvalue weighted by Gasteiger charge is 2.32. The van der Waals surface area contributed by atoms with Crippen LogP contribution >= 0.6 is 0 Å². The molecule has 1 aromatic carbocycles. The maximum Gasteiger partial charge on any atom is 0.0611 e. The van der Waals surface area contributed by atoms with E-state index < -0.39 is 5.54 Å². The predicted molar refractivity (Wildman–Crippen MR) is 66.4 cm³/mol. The quantitative estimate of drug-likeness (QED) is 0.797. The summed E-state index contributed by atoms with van der Waals surface area (Å²) in [6.07, 6.45) is 3.18. The van der Waals surface area contributed by atoms with Gasteiger partial charge in [-0.05, 0) is 50.2 Å². The zero-order valence-corrected chi connectivity index (χ0v) is 10.2. The summed E-state index contributed by atoms with van der Waals surface area (Å²) in [5.41, 5.74) is 9.89. The minimum Gasteiger partial charge on any atom is -0.394 e. The van der Waals surface area contributed by atoms with E-state index in [0.29, 0.717) is 5.92 Å². The van der Waals surface area contributed by atoms with Gasteiger partial charge in [0.2, 0.25) is 0 Å². The SMILES string of the molecule is Cc1ccc2c(c1)CCC(C(C)(N)CO)C2. The molecule has 88 valence electrons. The van der Waals surface area contributed by atoms with Crippen molar-refractivity contribution >= 4 is 0 Å². The number of benzene rings is 1. The Labute approximate surface area is 97.5 Å². The maximum atomic E-state index is 9.31. The molecule has 3 N–H and O–H groups in total. The Hall–Kier alpha value is -0.860. The van der Waals surface area contributed by atoms with Crippen LogP contribution in [-0.2, 0) is 12.8 Å². The van der Waals surface area contributed by atoms with Crippen LogP contribution in [0, 0.1) is 12.8 Å². The zero-order chi connectivity index (χ0) is 11.8.